The van der Waals surface area contributed by atoms with Gasteiger partial charge in [0.2, 0.25) is 0 Å². The van der Waals surface area contributed by atoms with Crippen LogP contribution in [-0.2, 0) is 7.05 Å². The van der Waals surface area contributed by atoms with Crippen LogP contribution in [0.4, 0.5) is 0 Å². The van der Waals surface area contributed by atoms with Crippen LogP contribution in [0.5, 0.6) is 0 Å². The Morgan fingerprint density at radius 2 is 2.00 bits per heavy atom. The zero-order valence-electron chi connectivity index (χ0n) is 11.0. The van der Waals surface area contributed by atoms with Crippen LogP contribution in [0.25, 0.3) is 0 Å². The molecule has 2 unspecified atom stereocenters. The number of nitrogens with zero attached hydrogens (tertiary/aromatic N) is 3. The monoisotopic (exact) mass is 248 g/mol. The van der Waals surface area contributed by atoms with Crippen molar-refractivity contribution in [2.75, 3.05) is 0 Å². The van der Waals surface area contributed by atoms with Crippen molar-refractivity contribution >= 4 is 5.91 Å². The minimum atomic E-state index is 0.139. The molecule has 2 atom stereocenters. The number of carbonyl (C=O) groups is 1. The third-order valence-electron chi connectivity index (χ3n) is 4.47. The second kappa shape index (κ2) is 4.09. The van der Waals surface area contributed by atoms with Crippen LogP contribution in [0, 0.1) is 6.92 Å². The first-order chi connectivity index (χ1) is 8.58. The van der Waals surface area contributed by atoms with Gasteiger partial charge >= 0.3 is 0 Å². The molecule has 1 aromatic heterocycles. The number of hydrogen-bond acceptors (Lipinski definition) is 3. The fourth-order valence-corrected chi connectivity index (χ4v) is 3.40. The molecule has 2 aliphatic heterocycles. The molecule has 2 saturated heterocycles. The zero-order chi connectivity index (χ0) is 12.9. The van der Waals surface area contributed by atoms with Gasteiger partial charge in [0.15, 0.2) is 0 Å². The minimum absolute atomic E-state index is 0.139. The number of rotatable bonds is 1. The Morgan fingerprint density at radius 3 is 2.50 bits per heavy atom. The smallest absolute Gasteiger partial charge is 0.257 e. The lowest BCUT2D eigenvalue weighted by atomic mass is 9.97. The summed E-state index contributed by atoms with van der Waals surface area (Å²) in [4.78, 5) is 14.7. The van der Waals surface area contributed by atoms with E-state index in [0.717, 1.165) is 36.9 Å². The predicted octanol–water partition coefficient (Wildman–Crippen LogP) is 0.823. The summed E-state index contributed by atoms with van der Waals surface area (Å²) in [6.07, 6.45) is 5.78. The van der Waals surface area contributed by atoms with Crippen LogP contribution in [0.3, 0.4) is 0 Å². The molecule has 1 amide bonds. The van der Waals surface area contributed by atoms with Crippen molar-refractivity contribution in [2.24, 2.45) is 12.8 Å². The number of hydrogen-bond donors (Lipinski definition) is 1. The molecule has 18 heavy (non-hydrogen) atoms. The van der Waals surface area contributed by atoms with Crippen LogP contribution in [-0.4, -0.2) is 38.7 Å². The SMILES string of the molecule is Cc1c(C(=O)N2C3CCC2CC(N)C3)cnn1C. The summed E-state index contributed by atoms with van der Waals surface area (Å²) >= 11 is 0. The van der Waals surface area contributed by atoms with Crippen LogP contribution in [0.1, 0.15) is 41.7 Å². The van der Waals surface area contributed by atoms with Crippen LogP contribution >= 0.6 is 0 Å². The Kier molecular flexibility index (Phi) is 2.66. The average molecular weight is 248 g/mol. The van der Waals surface area contributed by atoms with E-state index in [2.05, 4.69) is 10.00 Å². The molecule has 2 aliphatic rings. The number of amides is 1. The van der Waals surface area contributed by atoms with E-state index in [4.69, 9.17) is 5.73 Å². The molecule has 2 N–H and O–H groups in total. The van der Waals surface area contributed by atoms with E-state index in [-0.39, 0.29) is 11.9 Å². The van der Waals surface area contributed by atoms with Gasteiger partial charge in [0.1, 0.15) is 0 Å². The van der Waals surface area contributed by atoms with E-state index < -0.39 is 0 Å². The Bertz CT molecular complexity index is 467. The molecule has 0 radical (unpaired) electrons. The first-order valence-electron chi connectivity index (χ1n) is 6.64. The van der Waals surface area contributed by atoms with Gasteiger partial charge in [-0.2, -0.15) is 5.10 Å². The second-order valence-corrected chi connectivity index (χ2v) is 5.60. The van der Waals surface area contributed by atoms with E-state index in [1.165, 1.54) is 0 Å². The predicted molar refractivity (Wildman–Crippen MR) is 68.1 cm³/mol. The van der Waals surface area contributed by atoms with Gasteiger partial charge in [0, 0.05) is 30.9 Å². The lowest BCUT2D eigenvalue weighted by Gasteiger charge is -2.37. The van der Waals surface area contributed by atoms with E-state index >= 15 is 0 Å². The van der Waals surface area contributed by atoms with Gasteiger partial charge in [-0.1, -0.05) is 0 Å². The topological polar surface area (TPSA) is 64.2 Å². The van der Waals surface area contributed by atoms with E-state index in [1.807, 2.05) is 14.0 Å². The van der Waals surface area contributed by atoms with Crippen LogP contribution < -0.4 is 5.73 Å². The molecule has 5 nitrogen and oxygen atoms in total. The lowest BCUT2D eigenvalue weighted by Crippen LogP contribution is -2.50. The quantitative estimate of drug-likeness (QED) is 0.800. The average Bonchev–Trinajstić information content (AvgIpc) is 2.79. The Morgan fingerprint density at radius 1 is 1.39 bits per heavy atom. The summed E-state index contributed by atoms with van der Waals surface area (Å²) in [7, 11) is 1.87. The number of nitrogens with two attached hydrogens (primary N) is 1. The normalized spacial score (nSPS) is 30.8. The third kappa shape index (κ3) is 1.65. The van der Waals surface area contributed by atoms with Crippen molar-refractivity contribution in [3.63, 3.8) is 0 Å². The maximum atomic E-state index is 12.6. The van der Waals surface area contributed by atoms with Crippen LogP contribution in [0.15, 0.2) is 6.20 Å². The second-order valence-electron chi connectivity index (χ2n) is 5.60. The van der Waals surface area contributed by atoms with Crippen molar-refractivity contribution in [3.05, 3.63) is 17.5 Å². The highest BCUT2D eigenvalue weighted by molar-refractivity contribution is 5.95. The summed E-state index contributed by atoms with van der Waals surface area (Å²) in [5.41, 5.74) is 7.72. The van der Waals surface area contributed by atoms with E-state index in [9.17, 15) is 4.79 Å². The first kappa shape index (κ1) is 11.7. The van der Waals surface area contributed by atoms with Gasteiger partial charge in [0.05, 0.1) is 11.8 Å². The summed E-state index contributed by atoms with van der Waals surface area (Å²) in [5, 5.41) is 4.16. The highest BCUT2D eigenvalue weighted by Gasteiger charge is 2.42. The van der Waals surface area contributed by atoms with Crippen molar-refractivity contribution in [1.29, 1.82) is 0 Å². The molecule has 1 aromatic rings. The van der Waals surface area contributed by atoms with Crippen molar-refractivity contribution < 1.29 is 4.79 Å². The summed E-state index contributed by atoms with van der Waals surface area (Å²) in [6, 6.07) is 0.943. The largest absolute Gasteiger partial charge is 0.332 e. The van der Waals surface area contributed by atoms with Crippen molar-refractivity contribution in [2.45, 2.75) is 50.7 Å². The minimum Gasteiger partial charge on any atom is -0.332 e. The molecule has 0 spiro atoms. The molecule has 2 bridgehead atoms. The van der Waals surface area contributed by atoms with Crippen LogP contribution in [0.2, 0.25) is 0 Å². The molecular formula is C13H20N4O. The molecular weight excluding hydrogens is 228 g/mol. The van der Waals surface area contributed by atoms with Gasteiger partial charge in [-0.15, -0.1) is 0 Å². The fourth-order valence-electron chi connectivity index (χ4n) is 3.40. The van der Waals surface area contributed by atoms with Gasteiger partial charge in [0.25, 0.3) is 5.91 Å². The van der Waals surface area contributed by atoms with Gasteiger partial charge in [-0.3, -0.25) is 9.48 Å². The number of carbonyl (C=O) groups excluding carboxylic acids is 1. The Balaban J connectivity index is 1.88. The molecule has 3 rings (SSSR count). The number of aromatic nitrogens is 2. The van der Waals surface area contributed by atoms with Crippen molar-refractivity contribution in [1.82, 2.24) is 14.7 Å². The summed E-state index contributed by atoms with van der Waals surface area (Å²) in [6.45, 7) is 1.94. The molecule has 0 aliphatic carbocycles. The standard InChI is InChI=1S/C13H20N4O/c1-8-12(7-15-16(8)2)13(18)17-10-3-4-11(17)6-9(14)5-10/h7,9-11H,3-6,14H2,1-2H3. The third-order valence-corrected chi connectivity index (χ3v) is 4.47. The molecule has 5 heteroatoms. The Labute approximate surface area is 107 Å². The van der Waals surface area contributed by atoms with Gasteiger partial charge < -0.3 is 10.6 Å². The van der Waals surface area contributed by atoms with E-state index in [1.54, 1.807) is 10.9 Å². The number of fused-ring (bicyclic) bond motifs is 2. The molecule has 2 fully saturated rings. The lowest BCUT2D eigenvalue weighted by molar-refractivity contribution is 0.0574. The van der Waals surface area contributed by atoms with Gasteiger partial charge in [-0.25, -0.2) is 0 Å². The fraction of sp³-hybridized carbons (Fsp3) is 0.692. The molecule has 98 valence electrons. The maximum Gasteiger partial charge on any atom is 0.257 e. The number of aryl methyl sites for hydroxylation is 1. The van der Waals surface area contributed by atoms with Gasteiger partial charge in [-0.05, 0) is 32.6 Å². The zero-order valence-corrected chi connectivity index (χ0v) is 11.0. The maximum absolute atomic E-state index is 12.6. The van der Waals surface area contributed by atoms with E-state index in [0.29, 0.717) is 12.1 Å². The highest BCUT2D eigenvalue weighted by atomic mass is 16.2. The molecule has 0 aromatic carbocycles. The Hall–Kier alpha value is -1.36. The summed E-state index contributed by atoms with van der Waals surface area (Å²) in [5.74, 6) is 0.139. The first-order valence-corrected chi connectivity index (χ1v) is 6.64. The number of piperidine rings is 1. The molecule has 0 saturated carbocycles. The molecule has 3 heterocycles. The summed E-state index contributed by atoms with van der Waals surface area (Å²) < 4.78 is 1.75. The highest BCUT2D eigenvalue weighted by Crippen LogP contribution is 2.36. The van der Waals surface area contributed by atoms with Crippen molar-refractivity contribution in [3.8, 4) is 0 Å².